The summed E-state index contributed by atoms with van der Waals surface area (Å²) in [6.07, 6.45) is 1.69. The second-order valence-electron chi connectivity index (χ2n) is 4.63. The van der Waals surface area contributed by atoms with Gasteiger partial charge in [0.1, 0.15) is 11.5 Å². The number of hydrogen-bond acceptors (Lipinski definition) is 4. The van der Waals surface area contributed by atoms with Crippen LogP contribution in [0.2, 0.25) is 5.02 Å². The first-order valence-corrected chi connectivity index (χ1v) is 6.59. The molecule has 0 bridgehead atoms. The number of aryl methyl sites for hydroxylation is 1. The van der Waals surface area contributed by atoms with Crippen molar-refractivity contribution in [2.24, 2.45) is 0 Å². The Morgan fingerprint density at radius 3 is 2.58 bits per heavy atom. The molecule has 0 spiro atoms. The molecule has 4 nitrogen and oxygen atoms in total. The molecule has 100 valence electrons. The normalized spacial score (nSPS) is 10.8. The maximum absolute atomic E-state index is 6.15. The van der Waals surface area contributed by atoms with Crippen molar-refractivity contribution in [1.29, 1.82) is 0 Å². The summed E-state index contributed by atoms with van der Waals surface area (Å²) in [5.41, 5.74) is 2.68. The van der Waals surface area contributed by atoms with Crippen LogP contribution in [0.5, 0.6) is 0 Å². The van der Waals surface area contributed by atoms with Crippen molar-refractivity contribution in [3.8, 4) is 11.5 Å². The molecular formula is C14H17ClN4. The summed E-state index contributed by atoms with van der Waals surface area (Å²) in [7, 11) is 1.86. The highest BCUT2D eigenvalue weighted by molar-refractivity contribution is 6.32. The maximum Gasteiger partial charge on any atom is 0.181 e. The third kappa shape index (κ3) is 2.68. The van der Waals surface area contributed by atoms with Gasteiger partial charge >= 0.3 is 0 Å². The minimum absolute atomic E-state index is 0.357. The Morgan fingerprint density at radius 1 is 1.26 bits per heavy atom. The molecule has 1 N–H and O–H groups in total. The zero-order chi connectivity index (χ0) is 14.0. The van der Waals surface area contributed by atoms with E-state index in [1.807, 2.05) is 14.0 Å². The van der Waals surface area contributed by atoms with Gasteiger partial charge in [0, 0.05) is 24.5 Å². The summed E-state index contributed by atoms with van der Waals surface area (Å²) >= 11 is 6.15. The van der Waals surface area contributed by atoms with Gasteiger partial charge in [-0.1, -0.05) is 25.4 Å². The van der Waals surface area contributed by atoms with E-state index in [-0.39, 0.29) is 0 Å². The summed E-state index contributed by atoms with van der Waals surface area (Å²) in [5, 5.41) is 3.68. The minimum atomic E-state index is 0.357. The molecule has 0 radical (unpaired) electrons. The van der Waals surface area contributed by atoms with Crippen LogP contribution >= 0.6 is 11.6 Å². The number of nitrogens with zero attached hydrogens (tertiary/aromatic N) is 3. The quantitative estimate of drug-likeness (QED) is 0.929. The molecular weight excluding hydrogens is 260 g/mol. The zero-order valence-corrected chi connectivity index (χ0v) is 12.3. The van der Waals surface area contributed by atoms with Crippen LogP contribution in [-0.4, -0.2) is 22.0 Å². The van der Waals surface area contributed by atoms with Gasteiger partial charge in [0.05, 0.1) is 5.02 Å². The molecule has 0 aliphatic rings. The molecule has 0 fully saturated rings. The summed E-state index contributed by atoms with van der Waals surface area (Å²) in [6, 6.07) is 3.58. The van der Waals surface area contributed by atoms with E-state index in [0.29, 0.717) is 22.5 Å². The van der Waals surface area contributed by atoms with Gasteiger partial charge in [-0.05, 0) is 25.0 Å². The number of nitrogens with one attached hydrogen (secondary N) is 1. The van der Waals surface area contributed by atoms with Crippen LogP contribution in [0, 0.1) is 6.92 Å². The highest BCUT2D eigenvalue weighted by atomic mass is 35.5. The van der Waals surface area contributed by atoms with Crippen molar-refractivity contribution < 1.29 is 0 Å². The van der Waals surface area contributed by atoms with Crippen LogP contribution in [0.15, 0.2) is 18.3 Å². The molecule has 0 saturated heterocycles. The van der Waals surface area contributed by atoms with E-state index < -0.39 is 0 Å². The number of hydrogen-bond donors (Lipinski definition) is 1. The van der Waals surface area contributed by atoms with E-state index >= 15 is 0 Å². The molecule has 0 aromatic carbocycles. The summed E-state index contributed by atoms with van der Waals surface area (Å²) in [6.45, 7) is 6.23. The third-order valence-corrected chi connectivity index (χ3v) is 3.23. The summed E-state index contributed by atoms with van der Waals surface area (Å²) in [5.74, 6) is 1.74. The predicted octanol–water partition coefficient (Wildman–Crippen LogP) is 3.67. The Bertz CT molecular complexity index is 596. The second-order valence-corrected chi connectivity index (χ2v) is 5.04. The predicted molar refractivity (Wildman–Crippen MR) is 78.6 cm³/mol. The van der Waals surface area contributed by atoms with Crippen LogP contribution in [0.25, 0.3) is 11.5 Å². The summed E-state index contributed by atoms with van der Waals surface area (Å²) in [4.78, 5) is 13.3. The largest absolute Gasteiger partial charge is 0.373 e. The molecule has 2 heterocycles. The van der Waals surface area contributed by atoms with E-state index in [0.717, 1.165) is 17.1 Å². The van der Waals surface area contributed by atoms with Gasteiger partial charge in [0.15, 0.2) is 5.82 Å². The first kappa shape index (κ1) is 13.7. The second kappa shape index (κ2) is 5.53. The van der Waals surface area contributed by atoms with Gasteiger partial charge < -0.3 is 5.32 Å². The average molecular weight is 277 g/mol. The fourth-order valence-electron chi connectivity index (χ4n) is 2.12. The van der Waals surface area contributed by atoms with Crippen molar-refractivity contribution in [2.45, 2.75) is 26.7 Å². The Hall–Kier alpha value is -1.68. The number of halogens is 1. The van der Waals surface area contributed by atoms with Crippen molar-refractivity contribution in [3.05, 3.63) is 34.6 Å². The molecule has 0 aliphatic carbocycles. The van der Waals surface area contributed by atoms with Crippen LogP contribution in [0.3, 0.4) is 0 Å². The Morgan fingerprint density at radius 2 is 2.00 bits per heavy atom. The maximum atomic E-state index is 6.15. The van der Waals surface area contributed by atoms with Crippen LogP contribution in [0.4, 0.5) is 5.82 Å². The Balaban J connectivity index is 2.62. The lowest BCUT2D eigenvalue weighted by Crippen LogP contribution is -2.07. The van der Waals surface area contributed by atoms with Crippen molar-refractivity contribution >= 4 is 17.4 Å². The van der Waals surface area contributed by atoms with Gasteiger partial charge in [-0.3, -0.25) is 4.98 Å². The molecule has 0 aliphatic heterocycles. The molecule has 2 aromatic rings. The molecule has 0 amide bonds. The van der Waals surface area contributed by atoms with Crippen molar-refractivity contribution in [1.82, 2.24) is 15.0 Å². The van der Waals surface area contributed by atoms with E-state index in [1.165, 1.54) is 0 Å². The fraction of sp³-hybridized carbons (Fsp3) is 0.357. The van der Waals surface area contributed by atoms with Gasteiger partial charge in [0.2, 0.25) is 0 Å². The van der Waals surface area contributed by atoms with Crippen LogP contribution in [0.1, 0.15) is 31.0 Å². The molecule has 0 saturated carbocycles. The van der Waals surface area contributed by atoms with Gasteiger partial charge in [0.25, 0.3) is 0 Å². The zero-order valence-electron chi connectivity index (χ0n) is 11.5. The molecule has 0 unspecified atom stereocenters. The van der Waals surface area contributed by atoms with E-state index in [4.69, 9.17) is 11.6 Å². The molecule has 2 aromatic heterocycles. The van der Waals surface area contributed by atoms with Crippen molar-refractivity contribution in [2.75, 3.05) is 12.4 Å². The lowest BCUT2D eigenvalue weighted by atomic mass is 10.0. The fourth-order valence-corrected chi connectivity index (χ4v) is 2.33. The van der Waals surface area contributed by atoms with E-state index in [2.05, 4.69) is 34.1 Å². The number of pyridine rings is 1. The standard InChI is InChI=1S/C14H17ClN4/c1-8(2)11-9(3)18-14(19-13(11)16-4)12-10(15)6-5-7-17-12/h5-8H,1-4H3,(H,16,18,19). The molecule has 0 atom stereocenters. The monoisotopic (exact) mass is 276 g/mol. The summed E-state index contributed by atoms with van der Waals surface area (Å²) < 4.78 is 0. The number of aromatic nitrogens is 3. The first-order chi connectivity index (χ1) is 9.04. The van der Waals surface area contributed by atoms with Gasteiger partial charge in [-0.25, -0.2) is 9.97 Å². The Kier molecular flexibility index (Phi) is 4.00. The highest BCUT2D eigenvalue weighted by Gasteiger charge is 2.16. The van der Waals surface area contributed by atoms with Gasteiger partial charge in [-0.15, -0.1) is 0 Å². The van der Waals surface area contributed by atoms with Crippen LogP contribution < -0.4 is 5.32 Å². The molecule has 5 heteroatoms. The lowest BCUT2D eigenvalue weighted by Gasteiger charge is -2.15. The number of anilines is 1. The smallest absolute Gasteiger partial charge is 0.181 e. The minimum Gasteiger partial charge on any atom is -0.373 e. The van der Waals surface area contributed by atoms with Gasteiger partial charge in [-0.2, -0.15) is 0 Å². The van der Waals surface area contributed by atoms with E-state index in [1.54, 1.807) is 18.3 Å². The topological polar surface area (TPSA) is 50.7 Å². The third-order valence-electron chi connectivity index (χ3n) is 2.92. The van der Waals surface area contributed by atoms with Crippen LogP contribution in [-0.2, 0) is 0 Å². The highest BCUT2D eigenvalue weighted by Crippen LogP contribution is 2.29. The molecule has 19 heavy (non-hydrogen) atoms. The molecule has 2 rings (SSSR count). The first-order valence-electron chi connectivity index (χ1n) is 6.21. The average Bonchev–Trinajstić information content (AvgIpc) is 2.37. The lowest BCUT2D eigenvalue weighted by molar-refractivity contribution is 0.833. The number of rotatable bonds is 3. The Labute approximate surface area is 118 Å². The SMILES string of the molecule is CNc1nc(-c2ncccc2Cl)nc(C)c1C(C)C. The van der Waals surface area contributed by atoms with Crippen molar-refractivity contribution in [3.63, 3.8) is 0 Å². The van der Waals surface area contributed by atoms with E-state index in [9.17, 15) is 0 Å².